The molecule has 0 aromatic heterocycles. The van der Waals surface area contributed by atoms with Crippen LogP contribution >= 0.6 is 0 Å². The number of rotatable bonds is 6. The number of quaternary nitrogens is 1. The zero-order valence-electron chi connectivity index (χ0n) is 17.2. The fourth-order valence-electron chi connectivity index (χ4n) is 3.33. The van der Waals surface area contributed by atoms with Crippen LogP contribution in [0.1, 0.15) is 54.5 Å². The number of carbonyl (C=O) groups is 1. The summed E-state index contributed by atoms with van der Waals surface area (Å²) in [6.45, 7) is 13.4. The van der Waals surface area contributed by atoms with Crippen LogP contribution in [0.25, 0.3) is 0 Å². The molecule has 0 spiro atoms. The van der Waals surface area contributed by atoms with E-state index in [0.29, 0.717) is 5.92 Å². The molecule has 0 aliphatic rings. The van der Waals surface area contributed by atoms with Crippen LogP contribution in [0.4, 0.5) is 5.69 Å². The average molecular weight is 354 g/mol. The number of anilines is 1. The predicted octanol–water partition coefficient (Wildman–Crippen LogP) is 3.78. The molecule has 2 atom stereocenters. The normalized spacial score (nSPS) is 13.5. The van der Waals surface area contributed by atoms with Crippen LogP contribution in [0.2, 0.25) is 0 Å². The number of nitrogens with one attached hydrogen (secondary N) is 2. The highest BCUT2D eigenvalue weighted by Gasteiger charge is 2.23. The smallest absolute Gasteiger partial charge is 0.282 e. The van der Waals surface area contributed by atoms with Crippen molar-refractivity contribution in [3.05, 3.63) is 64.2 Å². The molecule has 0 aliphatic heterocycles. The second-order valence-corrected chi connectivity index (χ2v) is 7.90. The van der Waals surface area contributed by atoms with E-state index in [0.717, 1.165) is 23.4 Å². The molecule has 0 bridgehead atoms. The van der Waals surface area contributed by atoms with Crippen molar-refractivity contribution in [2.45, 2.75) is 60.0 Å². The van der Waals surface area contributed by atoms with Gasteiger partial charge in [-0.25, -0.2) is 0 Å². The van der Waals surface area contributed by atoms with E-state index in [-0.39, 0.29) is 11.9 Å². The van der Waals surface area contributed by atoms with E-state index >= 15 is 0 Å². The maximum absolute atomic E-state index is 12.7. The minimum Gasteiger partial charge on any atom is -0.324 e. The molecule has 1 amide bonds. The summed E-state index contributed by atoms with van der Waals surface area (Å²) in [6.07, 6.45) is 0. The molecule has 0 radical (unpaired) electrons. The van der Waals surface area contributed by atoms with Crippen LogP contribution in [-0.2, 0) is 11.3 Å². The van der Waals surface area contributed by atoms with Gasteiger partial charge in [-0.05, 0) is 50.3 Å². The highest BCUT2D eigenvalue weighted by atomic mass is 16.2. The molecule has 3 heteroatoms. The van der Waals surface area contributed by atoms with Gasteiger partial charge in [-0.2, -0.15) is 0 Å². The molecule has 3 nitrogen and oxygen atoms in total. The van der Waals surface area contributed by atoms with E-state index < -0.39 is 0 Å². The Labute approximate surface area is 158 Å². The number of hydrogen-bond acceptors (Lipinski definition) is 1. The number of aryl methyl sites for hydroxylation is 3. The summed E-state index contributed by atoms with van der Waals surface area (Å²) in [5.74, 6) is 0.608. The number of carbonyl (C=O) groups excluding carboxylic acids is 1. The van der Waals surface area contributed by atoms with E-state index in [1.54, 1.807) is 0 Å². The highest BCUT2D eigenvalue weighted by Crippen LogP contribution is 2.22. The zero-order valence-corrected chi connectivity index (χ0v) is 17.2. The topological polar surface area (TPSA) is 33.5 Å². The van der Waals surface area contributed by atoms with Gasteiger partial charge in [0, 0.05) is 11.3 Å². The third kappa shape index (κ3) is 4.95. The maximum Gasteiger partial charge on any atom is 0.282 e. The summed E-state index contributed by atoms with van der Waals surface area (Å²) < 4.78 is 0. The lowest BCUT2D eigenvalue weighted by atomic mass is 10.0. The summed E-state index contributed by atoms with van der Waals surface area (Å²) in [5, 5.41) is 3.14. The molecule has 1 unspecified atom stereocenters. The van der Waals surface area contributed by atoms with E-state index in [1.165, 1.54) is 21.6 Å². The number of benzene rings is 2. The van der Waals surface area contributed by atoms with Crippen molar-refractivity contribution >= 4 is 11.6 Å². The molecule has 0 saturated heterocycles. The quantitative estimate of drug-likeness (QED) is 0.814. The van der Waals surface area contributed by atoms with Crippen LogP contribution in [0.15, 0.2) is 36.4 Å². The molecule has 0 saturated carbocycles. The van der Waals surface area contributed by atoms with Crippen molar-refractivity contribution in [2.75, 3.05) is 12.4 Å². The van der Waals surface area contributed by atoms with Gasteiger partial charge in [-0.15, -0.1) is 0 Å². The van der Waals surface area contributed by atoms with Crippen molar-refractivity contribution in [1.82, 2.24) is 0 Å². The standard InChI is InChI=1S/C23H32N2O/c1-15(2)21-10-8-20(9-11-21)14-25(7)19(6)23(26)24-22-17(4)12-16(3)13-18(22)5/h8-13,15,19H,14H2,1-7H3,(H,24,26)/p+1/t19-/m0/s1. The van der Waals surface area contributed by atoms with Gasteiger partial charge in [0.05, 0.1) is 7.05 Å². The third-order valence-electron chi connectivity index (χ3n) is 5.19. The fraction of sp³-hybridized carbons (Fsp3) is 0.435. The van der Waals surface area contributed by atoms with Gasteiger partial charge in [0.25, 0.3) is 5.91 Å². The Hall–Kier alpha value is -2.13. The van der Waals surface area contributed by atoms with E-state index in [2.05, 4.69) is 69.5 Å². The Kier molecular flexibility index (Phi) is 6.60. The van der Waals surface area contributed by atoms with Gasteiger partial charge in [-0.3, -0.25) is 4.79 Å². The molecular formula is C23H33N2O+. The first kappa shape index (κ1) is 20.2. The predicted molar refractivity (Wildman–Crippen MR) is 110 cm³/mol. The highest BCUT2D eigenvalue weighted by molar-refractivity contribution is 5.95. The van der Waals surface area contributed by atoms with Crippen LogP contribution < -0.4 is 10.2 Å². The summed E-state index contributed by atoms with van der Waals surface area (Å²) in [7, 11) is 2.08. The van der Waals surface area contributed by atoms with Crippen molar-refractivity contribution in [3.8, 4) is 0 Å². The largest absolute Gasteiger partial charge is 0.324 e. The van der Waals surface area contributed by atoms with Gasteiger partial charge in [0.2, 0.25) is 0 Å². The van der Waals surface area contributed by atoms with E-state index in [9.17, 15) is 4.79 Å². The number of likely N-dealkylation sites (N-methyl/N-ethyl adjacent to an activating group) is 1. The second kappa shape index (κ2) is 8.50. The van der Waals surface area contributed by atoms with Crippen LogP contribution in [-0.4, -0.2) is 19.0 Å². The Bertz CT molecular complexity index is 739. The number of amides is 1. The third-order valence-corrected chi connectivity index (χ3v) is 5.19. The fourth-order valence-corrected chi connectivity index (χ4v) is 3.33. The van der Waals surface area contributed by atoms with Gasteiger partial charge in [-0.1, -0.05) is 55.8 Å². The molecule has 2 N–H and O–H groups in total. The minimum atomic E-state index is -0.125. The SMILES string of the molecule is Cc1cc(C)c(NC(=O)[C@H](C)[NH+](C)Cc2ccc(C(C)C)cc2)c(C)c1. The van der Waals surface area contributed by atoms with Crippen LogP contribution in [0.3, 0.4) is 0 Å². The van der Waals surface area contributed by atoms with Crippen molar-refractivity contribution in [3.63, 3.8) is 0 Å². The Balaban J connectivity index is 2.03. The van der Waals surface area contributed by atoms with Gasteiger partial charge in [0.15, 0.2) is 6.04 Å². The monoisotopic (exact) mass is 353 g/mol. The van der Waals surface area contributed by atoms with Crippen molar-refractivity contribution < 1.29 is 9.69 Å². The molecule has 140 valence electrons. The molecule has 2 aromatic carbocycles. The lowest BCUT2D eigenvalue weighted by Gasteiger charge is -2.22. The molecule has 0 aliphatic carbocycles. The molecule has 0 fully saturated rings. The zero-order chi connectivity index (χ0) is 19.4. The minimum absolute atomic E-state index is 0.0661. The molecule has 26 heavy (non-hydrogen) atoms. The maximum atomic E-state index is 12.7. The molecule has 2 rings (SSSR count). The van der Waals surface area contributed by atoms with Crippen LogP contribution in [0.5, 0.6) is 0 Å². The Morgan fingerprint density at radius 3 is 2.04 bits per heavy atom. The summed E-state index contributed by atoms with van der Waals surface area (Å²) in [6, 6.07) is 12.8. The summed E-state index contributed by atoms with van der Waals surface area (Å²) in [5.41, 5.74) is 7.01. The first-order valence-electron chi connectivity index (χ1n) is 9.49. The number of hydrogen-bond donors (Lipinski definition) is 2. The van der Waals surface area contributed by atoms with E-state index in [4.69, 9.17) is 0 Å². The Morgan fingerprint density at radius 2 is 1.54 bits per heavy atom. The van der Waals surface area contributed by atoms with Gasteiger partial charge < -0.3 is 10.2 Å². The molecular weight excluding hydrogens is 320 g/mol. The van der Waals surface area contributed by atoms with E-state index in [1.807, 2.05) is 20.8 Å². The Morgan fingerprint density at radius 1 is 1.00 bits per heavy atom. The van der Waals surface area contributed by atoms with Gasteiger partial charge >= 0.3 is 0 Å². The van der Waals surface area contributed by atoms with Crippen LogP contribution in [0, 0.1) is 20.8 Å². The first-order valence-corrected chi connectivity index (χ1v) is 9.49. The van der Waals surface area contributed by atoms with Crippen molar-refractivity contribution in [2.24, 2.45) is 0 Å². The summed E-state index contributed by atoms with van der Waals surface area (Å²) >= 11 is 0. The lowest BCUT2D eigenvalue weighted by molar-refractivity contribution is -0.907. The second-order valence-electron chi connectivity index (χ2n) is 7.90. The average Bonchev–Trinajstić information content (AvgIpc) is 2.57. The summed E-state index contributed by atoms with van der Waals surface area (Å²) in [4.78, 5) is 13.9. The van der Waals surface area contributed by atoms with Gasteiger partial charge in [0.1, 0.15) is 6.54 Å². The molecule has 0 heterocycles. The lowest BCUT2D eigenvalue weighted by Crippen LogP contribution is -3.12. The first-order chi connectivity index (χ1) is 12.2. The van der Waals surface area contributed by atoms with Crippen molar-refractivity contribution in [1.29, 1.82) is 0 Å². The molecule has 2 aromatic rings.